The van der Waals surface area contributed by atoms with Crippen LogP contribution >= 0.6 is 15.9 Å². The molecule has 3 aromatic rings. The van der Waals surface area contributed by atoms with E-state index in [2.05, 4.69) is 30.9 Å². The van der Waals surface area contributed by atoms with Gasteiger partial charge in [-0.1, -0.05) is 11.6 Å². The summed E-state index contributed by atoms with van der Waals surface area (Å²) in [5, 5.41) is 0. The van der Waals surface area contributed by atoms with Crippen molar-refractivity contribution in [2.45, 2.75) is 31.9 Å². The van der Waals surface area contributed by atoms with Crippen molar-refractivity contribution < 1.29 is 9.53 Å². The zero-order chi connectivity index (χ0) is 20.7. The SMILES string of the molecule is Cc1ccc(C(=O)N2CC3CC(Oc4ccc(Br)cn4)C2C3)c(-c2ncccn2)c1. The summed E-state index contributed by atoms with van der Waals surface area (Å²) in [5.41, 5.74) is 2.48. The molecule has 1 aliphatic carbocycles. The van der Waals surface area contributed by atoms with Crippen LogP contribution in [0.5, 0.6) is 5.88 Å². The minimum absolute atomic E-state index is 0.0158. The number of halogens is 1. The number of carbonyl (C=O) groups is 1. The van der Waals surface area contributed by atoms with E-state index in [9.17, 15) is 4.79 Å². The van der Waals surface area contributed by atoms with E-state index >= 15 is 0 Å². The maximum absolute atomic E-state index is 13.6. The Morgan fingerprint density at radius 3 is 2.70 bits per heavy atom. The van der Waals surface area contributed by atoms with E-state index in [1.54, 1.807) is 24.7 Å². The number of fused-ring (bicyclic) bond motifs is 2. The van der Waals surface area contributed by atoms with E-state index in [0.717, 1.165) is 35.0 Å². The molecule has 1 saturated carbocycles. The number of pyridine rings is 1. The second-order valence-corrected chi connectivity index (χ2v) is 8.87. The monoisotopic (exact) mass is 464 g/mol. The third-order valence-electron chi connectivity index (χ3n) is 5.87. The zero-order valence-electron chi connectivity index (χ0n) is 16.5. The molecule has 2 aromatic heterocycles. The van der Waals surface area contributed by atoms with Crippen molar-refractivity contribution in [3.63, 3.8) is 0 Å². The van der Waals surface area contributed by atoms with Gasteiger partial charge in [-0.15, -0.1) is 0 Å². The lowest BCUT2D eigenvalue weighted by atomic mass is 10.0. The summed E-state index contributed by atoms with van der Waals surface area (Å²) in [6.07, 6.45) is 7.01. The number of carbonyl (C=O) groups excluding carboxylic acids is 1. The van der Waals surface area contributed by atoms with Gasteiger partial charge in [-0.25, -0.2) is 15.0 Å². The van der Waals surface area contributed by atoms with Gasteiger partial charge in [0.25, 0.3) is 5.91 Å². The number of piperidine rings is 1. The van der Waals surface area contributed by atoms with E-state index in [1.165, 1.54) is 0 Å². The molecule has 3 heterocycles. The number of rotatable bonds is 4. The molecule has 3 atom stereocenters. The molecule has 2 aliphatic rings. The van der Waals surface area contributed by atoms with Crippen LogP contribution in [0.2, 0.25) is 0 Å². The molecule has 6 nitrogen and oxygen atoms in total. The molecule has 2 bridgehead atoms. The van der Waals surface area contributed by atoms with Crippen LogP contribution in [0, 0.1) is 12.8 Å². The van der Waals surface area contributed by atoms with Crippen molar-refractivity contribution in [2.75, 3.05) is 6.54 Å². The van der Waals surface area contributed by atoms with Gasteiger partial charge in [-0.2, -0.15) is 0 Å². The number of benzene rings is 1. The summed E-state index contributed by atoms with van der Waals surface area (Å²) in [6, 6.07) is 11.4. The largest absolute Gasteiger partial charge is 0.472 e. The maximum Gasteiger partial charge on any atom is 0.254 e. The van der Waals surface area contributed by atoms with Crippen molar-refractivity contribution in [3.05, 3.63) is 70.6 Å². The fraction of sp³-hybridized carbons (Fsp3) is 0.304. The second kappa shape index (κ2) is 7.80. The van der Waals surface area contributed by atoms with E-state index in [-0.39, 0.29) is 18.1 Å². The molecule has 30 heavy (non-hydrogen) atoms. The van der Waals surface area contributed by atoms with Crippen molar-refractivity contribution in [3.8, 4) is 17.3 Å². The predicted molar refractivity (Wildman–Crippen MR) is 116 cm³/mol. The smallest absolute Gasteiger partial charge is 0.254 e. The lowest BCUT2D eigenvalue weighted by molar-refractivity contribution is 0.0467. The first-order chi connectivity index (χ1) is 14.6. The topological polar surface area (TPSA) is 68.2 Å². The first-order valence-electron chi connectivity index (χ1n) is 10.1. The van der Waals surface area contributed by atoms with Crippen LogP contribution in [0.25, 0.3) is 11.4 Å². The minimum Gasteiger partial charge on any atom is -0.472 e. The van der Waals surface area contributed by atoms with Gasteiger partial charge in [-0.05, 0) is 65.9 Å². The van der Waals surface area contributed by atoms with Crippen LogP contribution in [0.1, 0.15) is 28.8 Å². The van der Waals surface area contributed by atoms with Crippen molar-refractivity contribution in [1.29, 1.82) is 0 Å². The number of hydrogen-bond acceptors (Lipinski definition) is 5. The Labute approximate surface area is 183 Å². The molecule has 1 amide bonds. The highest BCUT2D eigenvalue weighted by molar-refractivity contribution is 9.10. The number of ether oxygens (including phenoxy) is 1. The number of hydrogen-bond donors (Lipinski definition) is 0. The van der Waals surface area contributed by atoms with Crippen molar-refractivity contribution in [2.24, 2.45) is 5.92 Å². The maximum atomic E-state index is 13.6. The van der Waals surface area contributed by atoms with Crippen LogP contribution in [-0.4, -0.2) is 44.4 Å². The van der Waals surface area contributed by atoms with Crippen LogP contribution in [0.3, 0.4) is 0 Å². The van der Waals surface area contributed by atoms with Gasteiger partial charge in [0.15, 0.2) is 5.82 Å². The van der Waals surface area contributed by atoms with E-state index in [0.29, 0.717) is 23.2 Å². The van der Waals surface area contributed by atoms with Crippen molar-refractivity contribution >= 4 is 21.8 Å². The Balaban J connectivity index is 1.41. The highest BCUT2D eigenvalue weighted by Gasteiger charge is 2.48. The number of nitrogens with zero attached hydrogens (tertiary/aromatic N) is 4. The lowest BCUT2D eigenvalue weighted by Gasteiger charge is -2.33. The molecule has 0 radical (unpaired) electrons. The second-order valence-electron chi connectivity index (χ2n) is 7.95. The van der Waals surface area contributed by atoms with E-state index in [4.69, 9.17) is 4.74 Å². The van der Waals surface area contributed by atoms with E-state index in [1.807, 2.05) is 42.2 Å². The van der Waals surface area contributed by atoms with Gasteiger partial charge in [0.2, 0.25) is 5.88 Å². The van der Waals surface area contributed by atoms with Gasteiger partial charge in [0.1, 0.15) is 6.10 Å². The summed E-state index contributed by atoms with van der Waals surface area (Å²) >= 11 is 3.40. The van der Waals surface area contributed by atoms with Crippen LogP contribution in [0.15, 0.2) is 59.5 Å². The van der Waals surface area contributed by atoms with Gasteiger partial charge in [-0.3, -0.25) is 4.79 Å². The molecular weight excluding hydrogens is 444 g/mol. The number of aromatic nitrogens is 3. The lowest BCUT2D eigenvalue weighted by Crippen LogP contribution is -2.47. The Bertz CT molecular complexity index is 1070. The van der Waals surface area contributed by atoms with Crippen LogP contribution < -0.4 is 4.74 Å². The first-order valence-corrected chi connectivity index (χ1v) is 10.8. The third kappa shape index (κ3) is 3.58. The fourth-order valence-electron chi connectivity index (χ4n) is 4.54. The van der Waals surface area contributed by atoms with E-state index < -0.39 is 0 Å². The number of amides is 1. The summed E-state index contributed by atoms with van der Waals surface area (Å²) < 4.78 is 7.08. The Kier molecular flexibility index (Phi) is 4.98. The molecule has 0 N–H and O–H groups in total. The molecule has 3 unspecified atom stereocenters. The first kappa shape index (κ1) is 19.2. The normalized spacial score (nSPS) is 22.3. The highest BCUT2D eigenvalue weighted by Crippen LogP contribution is 2.41. The Hall–Kier alpha value is -2.80. The van der Waals surface area contributed by atoms with Gasteiger partial charge in [0.05, 0.1) is 11.6 Å². The summed E-state index contributed by atoms with van der Waals surface area (Å²) in [5.74, 6) is 1.64. The molecule has 152 valence electrons. The summed E-state index contributed by atoms with van der Waals surface area (Å²) in [4.78, 5) is 28.6. The molecule has 5 rings (SSSR count). The Morgan fingerprint density at radius 2 is 1.97 bits per heavy atom. The zero-order valence-corrected chi connectivity index (χ0v) is 18.1. The summed E-state index contributed by atoms with van der Waals surface area (Å²) in [7, 11) is 0. The minimum atomic E-state index is -0.0387. The van der Waals surface area contributed by atoms with Gasteiger partial charge >= 0.3 is 0 Å². The van der Waals surface area contributed by atoms with Gasteiger partial charge < -0.3 is 9.64 Å². The average Bonchev–Trinajstić information content (AvgIpc) is 3.36. The molecule has 1 aliphatic heterocycles. The molecule has 0 spiro atoms. The number of likely N-dealkylation sites (tertiary alicyclic amines) is 1. The highest BCUT2D eigenvalue weighted by atomic mass is 79.9. The molecule has 7 heteroatoms. The summed E-state index contributed by atoms with van der Waals surface area (Å²) in [6.45, 7) is 2.77. The third-order valence-corrected chi connectivity index (χ3v) is 6.34. The van der Waals surface area contributed by atoms with Gasteiger partial charge in [0, 0.05) is 41.2 Å². The van der Waals surface area contributed by atoms with Crippen LogP contribution in [0.4, 0.5) is 0 Å². The molecule has 1 aromatic carbocycles. The Morgan fingerprint density at radius 1 is 1.13 bits per heavy atom. The molecule has 2 fully saturated rings. The quantitative estimate of drug-likeness (QED) is 0.575. The van der Waals surface area contributed by atoms with Crippen molar-refractivity contribution in [1.82, 2.24) is 19.9 Å². The van der Waals surface area contributed by atoms with Crippen LogP contribution in [-0.2, 0) is 0 Å². The average molecular weight is 465 g/mol. The molecular formula is C23H21BrN4O2. The standard InChI is InChI=1S/C23H21BrN4O2/c1-14-3-5-17(18(9-14)22-25-7-2-8-26-22)23(29)28-13-15-10-19(28)20(11-15)30-21-6-4-16(24)12-27-21/h2-9,12,15,19-20H,10-11,13H2,1H3. The number of aryl methyl sites for hydroxylation is 1. The molecule has 1 saturated heterocycles. The predicted octanol–water partition coefficient (Wildman–Crippen LogP) is 4.29. The fourth-order valence-corrected chi connectivity index (χ4v) is 4.77.